The van der Waals surface area contributed by atoms with Crippen LogP contribution in [-0.2, 0) is 11.2 Å². The van der Waals surface area contributed by atoms with Gasteiger partial charge in [0.2, 0.25) is 5.91 Å². The maximum Gasteiger partial charge on any atom is 0.273 e. The monoisotopic (exact) mass is 238 g/mol. The number of nitrogens with zero attached hydrogens (tertiary/aromatic N) is 1. The lowest BCUT2D eigenvalue weighted by Crippen LogP contribution is -2.36. The van der Waals surface area contributed by atoms with Gasteiger partial charge in [-0.3, -0.25) is 14.9 Å². The summed E-state index contributed by atoms with van der Waals surface area (Å²) in [6, 6.07) is 5.74. The molecule has 17 heavy (non-hydrogen) atoms. The number of carbonyl (C=O) groups is 1. The first-order valence-electron chi connectivity index (χ1n) is 5.17. The minimum absolute atomic E-state index is 0.0680. The third-order valence-electron chi connectivity index (χ3n) is 2.22. The van der Waals surface area contributed by atoms with Crippen LogP contribution in [0.1, 0.15) is 12.5 Å². The van der Waals surface area contributed by atoms with Crippen molar-refractivity contribution in [3.8, 4) is 0 Å². The zero-order valence-corrected chi connectivity index (χ0v) is 9.42. The zero-order valence-electron chi connectivity index (χ0n) is 9.42. The van der Waals surface area contributed by atoms with Gasteiger partial charge in [0.1, 0.15) is 0 Å². The molecule has 0 bridgehead atoms. The second-order valence-corrected chi connectivity index (χ2v) is 3.71. The van der Waals surface area contributed by atoms with E-state index in [-0.39, 0.29) is 30.7 Å². The summed E-state index contributed by atoms with van der Waals surface area (Å²) < 4.78 is 0. The molecule has 92 valence electrons. The molecule has 0 radical (unpaired) electrons. The van der Waals surface area contributed by atoms with Crippen LogP contribution in [0.15, 0.2) is 24.3 Å². The summed E-state index contributed by atoms with van der Waals surface area (Å²) in [5, 5.41) is 22.0. The fraction of sp³-hybridized carbons (Fsp3) is 0.364. The molecule has 6 heteroatoms. The van der Waals surface area contributed by atoms with Crippen LogP contribution in [0.3, 0.4) is 0 Å². The number of rotatable bonds is 5. The number of hydrogen-bond donors (Lipinski definition) is 2. The second kappa shape index (κ2) is 5.95. The molecule has 0 spiro atoms. The van der Waals surface area contributed by atoms with Gasteiger partial charge in [-0.1, -0.05) is 18.2 Å². The normalized spacial score (nSPS) is 11.9. The van der Waals surface area contributed by atoms with Crippen molar-refractivity contribution in [1.82, 2.24) is 5.32 Å². The molecule has 0 aliphatic rings. The summed E-state index contributed by atoms with van der Waals surface area (Å²) in [6.45, 7) is 1.49. The van der Waals surface area contributed by atoms with Crippen LogP contribution in [0.25, 0.3) is 0 Å². The van der Waals surface area contributed by atoms with Crippen LogP contribution in [0.5, 0.6) is 0 Å². The minimum Gasteiger partial charge on any atom is -0.394 e. The Morgan fingerprint density at radius 3 is 2.76 bits per heavy atom. The van der Waals surface area contributed by atoms with Crippen LogP contribution in [-0.4, -0.2) is 28.6 Å². The number of para-hydroxylation sites is 1. The molecule has 1 rings (SSSR count). The number of hydrogen-bond acceptors (Lipinski definition) is 4. The molecule has 1 atom stereocenters. The average Bonchev–Trinajstić information content (AvgIpc) is 2.29. The Morgan fingerprint density at radius 2 is 2.18 bits per heavy atom. The molecule has 1 amide bonds. The summed E-state index contributed by atoms with van der Waals surface area (Å²) in [5.74, 6) is -0.346. The highest BCUT2D eigenvalue weighted by Crippen LogP contribution is 2.17. The van der Waals surface area contributed by atoms with Crippen LogP contribution in [0.4, 0.5) is 5.69 Å². The molecular formula is C11H14N2O4. The van der Waals surface area contributed by atoms with Crippen LogP contribution in [0.2, 0.25) is 0 Å². The Hall–Kier alpha value is -1.95. The molecule has 6 nitrogen and oxygen atoms in total. The quantitative estimate of drug-likeness (QED) is 0.581. The Balaban J connectivity index is 2.74. The Morgan fingerprint density at radius 1 is 1.53 bits per heavy atom. The second-order valence-electron chi connectivity index (χ2n) is 3.71. The van der Waals surface area contributed by atoms with Gasteiger partial charge in [-0.2, -0.15) is 0 Å². The van der Waals surface area contributed by atoms with Crippen LogP contribution >= 0.6 is 0 Å². The highest BCUT2D eigenvalue weighted by Gasteiger charge is 2.16. The third kappa shape index (κ3) is 3.84. The molecule has 2 N–H and O–H groups in total. The molecule has 0 saturated carbocycles. The number of nitro groups is 1. The standard InChI is InChI=1S/C11H14N2O4/c1-8(7-14)12-11(15)6-9-4-2-3-5-10(9)13(16)17/h2-5,8,14H,6-7H2,1H3,(H,12,15)/t8-/m0/s1. The van der Waals surface area contributed by atoms with Gasteiger partial charge in [-0.25, -0.2) is 0 Å². The van der Waals surface area contributed by atoms with Gasteiger partial charge in [0.05, 0.1) is 18.0 Å². The summed E-state index contributed by atoms with van der Waals surface area (Å²) in [5.41, 5.74) is 0.291. The van der Waals surface area contributed by atoms with E-state index in [1.54, 1.807) is 25.1 Å². The largest absolute Gasteiger partial charge is 0.394 e. The lowest BCUT2D eigenvalue weighted by Gasteiger charge is -2.10. The number of carbonyl (C=O) groups excluding carboxylic acids is 1. The smallest absolute Gasteiger partial charge is 0.273 e. The Labute approximate surface area is 98.4 Å². The lowest BCUT2D eigenvalue weighted by molar-refractivity contribution is -0.385. The van der Waals surface area contributed by atoms with Crippen molar-refractivity contribution >= 4 is 11.6 Å². The van der Waals surface area contributed by atoms with E-state index in [0.29, 0.717) is 5.56 Å². The predicted octanol–water partition coefficient (Wildman–Crippen LogP) is 0.634. The molecule has 1 aromatic carbocycles. The van der Waals surface area contributed by atoms with Crippen molar-refractivity contribution in [3.05, 3.63) is 39.9 Å². The number of nitro benzene ring substituents is 1. The Bertz CT molecular complexity index is 420. The van der Waals surface area contributed by atoms with Gasteiger partial charge in [0.15, 0.2) is 0 Å². The van der Waals surface area contributed by atoms with Crippen molar-refractivity contribution in [2.45, 2.75) is 19.4 Å². The zero-order chi connectivity index (χ0) is 12.8. The van der Waals surface area contributed by atoms with Gasteiger partial charge in [-0.05, 0) is 6.92 Å². The molecule has 0 heterocycles. The van der Waals surface area contributed by atoms with E-state index < -0.39 is 4.92 Å². The first kappa shape index (κ1) is 13.1. The highest BCUT2D eigenvalue weighted by molar-refractivity contribution is 5.80. The molecule has 0 aromatic heterocycles. The van der Waals surface area contributed by atoms with E-state index in [4.69, 9.17) is 5.11 Å². The molecule has 0 unspecified atom stereocenters. The summed E-state index contributed by atoms with van der Waals surface area (Å²) in [4.78, 5) is 21.7. The number of nitrogens with one attached hydrogen (secondary N) is 1. The van der Waals surface area contributed by atoms with Crippen molar-refractivity contribution < 1.29 is 14.8 Å². The van der Waals surface area contributed by atoms with Gasteiger partial charge in [0.25, 0.3) is 5.69 Å². The van der Waals surface area contributed by atoms with E-state index >= 15 is 0 Å². The van der Waals surface area contributed by atoms with Crippen molar-refractivity contribution in [2.24, 2.45) is 0 Å². The number of benzene rings is 1. The first-order valence-corrected chi connectivity index (χ1v) is 5.17. The van der Waals surface area contributed by atoms with Gasteiger partial charge in [-0.15, -0.1) is 0 Å². The lowest BCUT2D eigenvalue weighted by atomic mass is 10.1. The summed E-state index contributed by atoms with van der Waals surface area (Å²) in [7, 11) is 0. The SMILES string of the molecule is C[C@@H](CO)NC(=O)Cc1ccccc1[N+](=O)[O-]. The number of amides is 1. The summed E-state index contributed by atoms with van der Waals surface area (Å²) in [6.07, 6.45) is -0.0680. The maximum absolute atomic E-state index is 11.5. The average molecular weight is 238 g/mol. The van der Waals surface area contributed by atoms with Crippen molar-refractivity contribution in [2.75, 3.05) is 6.61 Å². The highest BCUT2D eigenvalue weighted by atomic mass is 16.6. The van der Waals surface area contributed by atoms with E-state index in [0.717, 1.165) is 0 Å². The fourth-order valence-electron chi connectivity index (χ4n) is 1.38. The number of aliphatic hydroxyl groups excluding tert-OH is 1. The van der Waals surface area contributed by atoms with E-state index in [9.17, 15) is 14.9 Å². The molecule has 1 aromatic rings. The van der Waals surface area contributed by atoms with Crippen LogP contribution in [0, 0.1) is 10.1 Å². The van der Waals surface area contributed by atoms with Gasteiger partial charge >= 0.3 is 0 Å². The van der Waals surface area contributed by atoms with Crippen LogP contribution < -0.4 is 5.32 Å². The first-order chi connectivity index (χ1) is 8.04. The fourth-order valence-corrected chi connectivity index (χ4v) is 1.38. The third-order valence-corrected chi connectivity index (χ3v) is 2.22. The number of aliphatic hydroxyl groups is 1. The van der Waals surface area contributed by atoms with Gasteiger partial charge < -0.3 is 10.4 Å². The molecular weight excluding hydrogens is 224 g/mol. The van der Waals surface area contributed by atoms with Crippen molar-refractivity contribution in [1.29, 1.82) is 0 Å². The van der Waals surface area contributed by atoms with Gasteiger partial charge in [0, 0.05) is 17.7 Å². The van der Waals surface area contributed by atoms with E-state index in [2.05, 4.69) is 5.32 Å². The molecule has 0 saturated heterocycles. The van der Waals surface area contributed by atoms with E-state index in [1.165, 1.54) is 6.07 Å². The predicted molar refractivity (Wildman–Crippen MR) is 61.5 cm³/mol. The molecule has 0 fully saturated rings. The summed E-state index contributed by atoms with van der Waals surface area (Å²) >= 11 is 0. The minimum atomic E-state index is -0.516. The molecule has 0 aliphatic carbocycles. The van der Waals surface area contributed by atoms with E-state index in [1.807, 2.05) is 0 Å². The Kier molecular flexibility index (Phi) is 4.59. The molecule has 0 aliphatic heterocycles. The van der Waals surface area contributed by atoms with Crippen molar-refractivity contribution in [3.63, 3.8) is 0 Å². The maximum atomic E-state index is 11.5. The topological polar surface area (TPSA) is 92.5 Å².